The zero-order valence-corrected chi connectivity index (χ0v) is 19.7. The summed E-state index contributed by atoms with van der Waals surface area (Å²) in [5.41, 5.74) is -0.859. The second kappa shape index (κ2) is 9.60. The van der Waals surface area contributed by atoms with Crippen molar-refractivity contribution in [3.8, 4) is 0 Å². The maximum absolute atomic E-state index is 13.6. The lowest BCUT2D eigenvalue weighted by atomic mass is 9.94. The van der Waals surface area contributed by atoms with E-state index in [0.29, 0.717) is 31.5 Å². The minimum absolute atomic E-state index is 0.0397. The van der Waals surface area contributed by atoms with Gasteiger partial charge in [0.05, 0.1) is 17.3 Å². The molecular weight excluding hydrogens is 462 g/mol. The number of hydrogen-bond acceptors (Lipinski definition) is 3. The van der Waals surface area contributed by atoms with Crippen LogP contribution in [0.1, 0.15) is 54.6 Å². The Hall–Kier alpha value is -2.94. The van der Waals surface area contributed by atoms with Crippen LogP contribution in [0.2, 0.25) is 0 Å². The molecule has 35 heavy (non-hydrogen) atoms. The van der Waals surface area contributed by atoms with Gasteiger partial charge in [-0.2, -0.15) is 13.2 Å². The number of carbonyl (C=O) groups is 2. The van der Waals surface area contributed by atoms with Crippen molar-refractivity contribution >= 4 is 11.8 Å². The first-order chi connectivity index (χ1) is 16.5. The van der Waals surface area contributed by atoms with Crippen molar-refractivity contribution in [3.63, 3.8) is 0 Å². The first-order valence-corrected chi connectivity index (χ1v) is 11.8. The number of piperidine rings is 1. The monoisotopic (exact) mass is 491 g/mol. The molecule has 2 atom stereocenters. The molecule has 2 amide bonds. The van der Waals surface area contributed by atoms with E-state index in [0.717, 1.165) is 18.6 Å². The molecule has 2 aliphatic rings. The van der Waals surface area contributed by atoms with E-state index in [9.17, 15) is 27.2 Å². The summed E-state index contributed by atoms with van der Waals surface area (Å²) >= 11 is 0. The Labute approximate surface area is 202 Å². The van der Waals surface area contributed by atoms with E-state index >= 15 is 0 Å². The molecule has 1 N–H and O–H groups in total. The molecule has 2 aromatic carbocycles. The van der Waals surface area contributed by atoms with Crippen LogP contribution in [0.5, 0.6) is 0 Å². The lowest BCUT2D eigenvalue weighted by Gasteiger charge is -2.45. The third-order valence-corrected chi connectivity index (χ3v) is 7.23. The molecule has 2 saturated heterocycles. The predicted octanol–water partition coefficient (Wildman–Crippen LogP) is 4.82. The highest BCUT2D eigenvalue weighted by molar-refractivity contribution is 5.94. The van der Waals surface area contributed by atoms with E-state index in [1.54, 1.807) is 21.9 Å². The smallest absolute Gasteiger partial charge is 0.338 e. The van der Waals surface area contributed by atoms with Crippen LogP contribution in [0.25, 0.3) is 0 Å². The van der Waals surface area contributed by atoms with Crippen LogP contribution in [0, 0.1) is 11.7 Å². The summed E-state index contributed by atoms with van der Waals surface area (Å²) in [6, 6.07) is 10.1. The predicted molar refractivity (Wildman–Crippen MR) is 123 cm³/mol. The topological polar surface area (TPSA) is 52.7 Å². The fourth-order valence-corrected chi connectivity index (χ4v) is 4.99. The number of benzene rings is 2. The first-order valence-electron chi connectivity index (χ1n) is 11.8. The van der Waals surface area contributed by atoms with Crippen LogP contribution in [0.15, 0.2) is 48.5 Å². The van der Waals surface area contributed by atoms with Crippen molar-refractivity contribution < 1.29 is 27.2 Å². The van der Waals surface area contributed by atoms with Crippen molar-refractivity contribution in [2.45, 2.75) is 57.5 Å². The van der Waals surface area contributed by atoms with Gasteiger partial charge < -0.3 is 9.80 Å². The molecule has 4 rings (SSSR count). The van der Waals surface area contributed by atoms with E-state index in [-0.39, 0.29) is 29.8 Å². The summed E-state index contributed by atoms with van der Waals surface area (Å²) in [4.78, 5) is 29.6. The van der Waals surface area contributed by atoms with Gasteiger partial charge in [0, 0.05) is 38.0 Å². The van der Waals surface area contributed by atoms with Crippen LogP contribution in [-0.4, -0.2) is 46.4 Å². The van der Waals surface area contributed by atoms with Gasteiger partial charge in [-0.05, 0) is 41.8 Å². The summed E-state index contributed by atoms with van der Waals surface area (Å²) in [7, 11) is 0. The van der Waals surface area contributed by atoms with Crippen LogP contribution < -0.4 is 5.32 Å². The number of nitrogens with zero attached hydrogens (tertiary/aromatic N) is 2. The Morgan fingerprint density at radius 1 is 1.14 bits per heavy atom. The second-order valence-electron chi connectivity index (χ2n) is 9.46. The zero-order chi connectivity index (χ0) is 25.4. The van der Waals surface area contributed by atoms with Crippen molar-refractivity contribution in [1.29, 1.82) is 0 Å². The number of alkyl halides is 3. The molecule has 0 aromatic heterocycles. The van der Waals surface area contributed by atoms with Crippen molar-refractivity contribution in [2.75, 3.05) is 13.1 Å². The molecule has 0 bridgehead atoms. The number of rotatable bonds is 5. The van der Waals surface area contributed by atoms with Crippen LogP contribution in [-0.2, 0) is 17.5 Å². The lowest BCUT2D eigenvalue weighted by molar-refractivity contribution is -0.137. The molecule has 188 valence electrons. The van der Waals surface area contributed by atoms with Gasteiger partial charge >= 0.3 is 6.18 Å². The third kappa shape index (κ3) is 5.05. The molecular formula is C26H29F4N3O2. The van der Waals surface area contributed by atoms with Crippen molar-refractivity contribution in [2.24, 2.45) is 5.92 Å². The number of hydrogen-bond donors (Lipinski definition) is 1. The number of amides is 2. The molecule has 0 aliphatic carbocycles. The van der Waals surface area contributed by atoms with Crippen LogP contribution in [0.3, 0.4) is 0 Å². The van der Waals surface area contributed by atoms with E-state index in [1.165, 1.54) is 24.3 Å². The Bertz CT molecular complexity index is 1100. The average Bonchev–Trinajstić information content (AvgIpc) is 3.09. The summed E-state index contributed by atoms with van der Waals surface area (Å²) in [5.74, 6) is -0.873. The van der Waals surface area contributed by atoms with Crippen molar-refractivity contribution in [3.05, 3.63) is 71.0 Å². The largest absolute Gasteiger partial charge is 0.416 e. The van der Waals surface area contributed by atoms with Gasteiger partial charge in [0.25, 0.3) is 5.91 Å². The Balaban J connectivity index is 1.57. The Kier molecular flexibility index (Phi) is 6.90. The first kappa shape index (κ1) is 25.2. The fourth-order valence-electron chi connectivity index (χ4n) is 4.99. The van der Waals surface area contributed by atoms with Gasteiger partial charge in [0.15, 0.2) is 0 Å². The van der Waals surface area contributed by atoms with Gasteiger partial charge in [-0.15, -0.1) is 0 Å². The third-order valence-electron chi connectivity index (χ3n) is 7.23. The molecule has 0 saturated carbocycles. The Morgan fingerprint density at radius 3 is 2.46 bits per heavy atom. The van der Waals surface area contributed by atoms with Gasteiger partial charge in [0.1, 0.15) is 5.82 Å². The minimum Gasteiger partial charge on any atom is -0.338 e. The van der Waals surface area contributed by atoms with Gasteiger partial charge in [0.2, 0.25) is 5.91 Å². The van der Waals surface area contributed by atoms with Gasteiger partial charge in [-0.1, -0.05) is 38.5 Å². The number of likely N-dealkylation sites (tertiary alicyclic amines) is 1. The zero-order valence-electron chi connectivity index (χ0n) is 19.7. The summed E-state index contributed by atoms with van der Waals surface area (Å²) in [6.45, 7) is 4.67. The minimum atomic E-state index is -4.47. The number of carbonyl (C=O) groups excluding carboxylic acids is 2. The summed E-state index contributed by atoms with van der Waals surface area (Å²) < 4.78 is 53.3. The van der Waals surface area contributed by atoms with Crippen LogP contribution in [0.4, 0.5) is 17.6 Å². The molecule has 0 radical (unpaired) electrons. The highest BCUT2D eigenvalue weighted by atomic mass is 19.4. The summed E-state index contributed by atoms with van der Waals surface area (Å²) in [6.07, 6.45) is -2.86. The standard InChI is InChI=1S/C26H29F4N3O2/c1-3-17(2)22-24(35)33(16-18-6-4-8-20(14-18)26(28,29)30)25(31-22)10-12-32(13-11-25)23(34)19-7-5-9-21(27)15-19/h4-9,14-15,17,22,31H,3,10-13,16H2,1-2H3/t17-,22+/m1/s1. The Morgan fingerprint density at radius 2 is 1.83 bits per heavy atom. The molecule has 0 unspecified atom stereocenters. The molecule has 2 fully saturated rings. The molecule has 9 heteroatoms. The molecule has 5 nitrogen and oxygen atoms in total. The maximum atomic E-state index is 13.6. The van der Waals surface area contributed by atoms with E-state index in [1.807, 2.05) is 13.8 Å². The SMILES string of the molecule is CC[C@@H](C)[C@@H]1NC2(CCN(C(=O)c3cccc(F)c3)CC2)N(Cc2cccc(C(F)(F)F)c2)C1=O. The van der Waals surface area contributed by atoms with E-state index < -0.39 is 29.3 Å². The quantitative estimate of drug-likeness (QED) is 0.610. The summed E-state index contributed by atoms with van der Waals surface area (Å²) in [5, 5.41) is 3.49. The van der Waals surface area contributed by atoms with Crippen molar-refractivity contribution in [1.82, 2.24) is 15.1 Å². The van der Waals surface area contributed by atoms with Crippen LogP contribution >= 0.6 is 0 Å². The van der Waals surface area contributed by atoms with Gasteiger partial charge in [-0.3, -0.25) is 14.9 Å². The van der Waals surface area contributed by atoms with Gasteiger partial charge in [-0.25, -0.2) is 4.39 Å². The normalized spacial score (nSPS) is 21.0. The average molecular weight is 492 g/mol. The number of halogens is 4. The molecule has 2 aromatic rings. The maximum Gasteiger partial charge on any atom is 0.416 e. The molecule has 2 aliphatic heterocycles. The van der Waals surface area contributed by atoms with E-state index in [4.69, 9.17) is 0 Å². The lowest BCUT2D eigenvalue weighted by Crippen LogP contribution is -2.59. The molecule has 2 heterocycles. The van der Waals surface area contributed by atoms with E-state index in [2.05, 4.69) is 5.32 Å². The molecule has 1 spiro atoms. The highest BCUT2D eigenvalue weighted by Gasteiger charge is 2.52. The number of nitrogens with one attached hydrogen (secondary N) is 1. The fraction of sp³-hybridized carbons (Fsp3) is 0.462. The highest BCUT2D eigenvalue weighted by Crippen LogP contribution is 2.37. The second-order valence-corrected chi connectivity index (χ2v) is 9.46.